The molecule has 0 bridgehead atoms. The van der Waals surface area contributed by atoms with E-state index in [2.05, 4.69) is 26.1 Å². The van der Waals surface area contributed by atoms with Crippen LogP contribution in [0.1, 0.15) is 37.7 Å². The van der Waals surface area contributed by atoms with E-state index in [1.165, 1.54) is 39.0 Å². The van der Waals surface area contributed by atoms with Crippen molar-refractivity contribution in [3.8, 4) is 11.9 Å². The molecule has 9 nitrogen and oxygen atoms in total. The molecule has 0 saturated heterocycles. The van der Waals surface area contributed by atoms with E-state index in [9.17, 15) is 9.59 Å². The largest absolute Gasteiger partial charge is 0.480 e. The van der Waals surface area contributed by atoms with Crippen LogP contribution >= 0.6 is 0 Å². The van der Waals surface area contributed by atoms with E-state index in [1.54, 1.807) is 0 Å². The molecule has 0 atom stereocenters. The number of aromatic nitrogens is 2. The van der Waals surface area contributed by atoms with Crippen molar-refractivity contribution in [3.63, 3.8) is 0 Å². The second-order valence-corrected chi connectivity index (χ2v) is 5.58. The number of hydrazine groups is 1. The number of nitrogens with zero attached hydrogens (tertiary/aromatic N) is 2. The van der Waals surface area contributed by atoms with Gasteiger partial charge in [-0.1, -0.05) is 19.3 Å². The first-order valence-electron chi connectivity index (χ1n) is 8.12. The Hall–Kier alpha value is -2.84. The second-order valence-electron chi connectivity index (χ2n) is 5.58. The number of methoxy groups -OCH3 is 2. The van der Waals surface area contributed by atoms with Gasteiger partial charge in [-0.2, -0.15) is 4.98 Å². The summed E-state index contributed by atoms with van der Waals surface area (Å²) in [5.74, 6) is -0.212. The van der Waals surface area contributed by atoms with Gasteiger partial charge < -0.3 is 14.8 Å². The Balaban J connectivity index is 1.81. The molecule has 9 heteroatoms. The van der Waals surface area contributed by atoms with Crippen LogP contribution in [0.15, 0.2) is 12.3 Å². The van der Waals surface area contributed by atoms with Gasteiger partial charge in [0.1, 0.15) is 0 Å². The van der Waals surface area contributed by atoms with Gasteiger partial charge in [-0.25, -0.2) is 15.2 Å². The molecular formula is C16H23N5O4. The number of urea groups is 1. The van der Waals surface area contributed by atoms with Gasteiger partial charge in [-0.05, 0) is 18.9 Å². The summed E-state index contributed by atoms with van der Waals surface area (Å²) in [5.41, 5.74) is 5.14. The van der Waals surface area contributed by atoms with Crippen molar-refractivity contribution < 1.29 is 19.1 Å². The Morgan fingerprint density at radius 3 is 2.60 bits per heavy atom. The van der Waals surface area contributed by atoms with Crippen molar-refractivity contribution in [2.45, 2.75) is 38.1 Å². The topological polar surface area (TPSA) is 114 Å². The Bertz CT molecular complexity index is 629. The highest BCUT2D eigenvalue weighted by Crippen LogP contribution is 2.18. The smallest absolute Gasteiger partial charge is 0.333 e. The summed E-state index contributed by atoms with van der Waals surface area (Å²) in [4.78, 5) is 31.5. The van der Waals surface area contributed by atoms with Crippen LogP contribution in [0.3, 0.4) is 0 Å². The van der Waals surface area contributed by atoms with Gasteiger partial charge in [-0.3, -0.25) is 10.2 Å². The van der Waals surface area contributed by atoms with Gasteiger partial charge in [0, 0.05) is 18.3 Å². The van der Waals surface area contributed by atoms with Crippen molar-refractivity contribution in [1.82, 2.24) is 26.1 Å². The number of nitrogens with one attached hydrogen (secondary N) is 3. The predicted octanol–water partition coefficient (Wildman–Crippen LogP) is 1.17. The molecule has 1 aromatic heterocycles. The van der Waals surface area contributed by atoms with E-state index in [4.69, 9.17) is 9.47 Å². The van der Waals surface area contributed by atoms with E-state index in [1.807, 2.05) is 0 Å². The highest BCUT2D eigenvalue weighted by Gasteiger charge is 2.15. The van der Waals surface area contributed by atoms with E-state index < -0.39 is 11.9 Å². The minimum Gasteiger partial charge on any atom is -0.480 e. The molecule has 1 aliphatic carbocycles. The number of rotatable bonds is 5. The Kier molecular flexibility index (Phi) is 7.00. The lowest BCUT2D eigenvalue weighted by molar-refractivity contribution is -0.117. The quantitative estimate of drug-likeness (QED) is 0.543. The number of carbonyl (C=O) groups is 2. The molecule has 0 aromatic carbocycles. The number of hydrogen-bond donors (Lipinski definition) is 3. The van der Waals surface area contributed by atoms with Crippen LogP contribution in [0, 0.1) is 0 Å². The van der Waals surface area contributed by atoms with Crippen LogP contribution in [-0.4, -0.2) is 42.2 Å². The zero-order chi connectivity index (χ0) is 18.1. The summed E-state index contributed by atoms with van der Waals surface area (Å²) in [5, 5.41) is 2.84. The Morgan fingerprint density at radius 2 is 1.92 bits per heavy atom. The van der Waals surface area contributed by atoms with Crippen molar-refractivity contribution in [2.75, 3.05) is 14.2 Å². The molecule has 1 fully saturated rings. The summed E-state index contributed by atoms with van der Waals surface area (Å²) in [6.07, 6.45) is 9.58. The van der Waals surface area contributed by atoms with Crippen molar-refractivity contribution >= 4 is 18.0 Å². The van der Waals surface area contributed by atoms with Crippen molar-refractivity contribution in [3.05, 3.63) is 17.8 Å². The molecule has 3 amide bonds. The van der Waals surface area contributed by atoms with Gasteiger partial charge >= 0.3 is 12.0 Å². The third kappa shape index (κ3) is 5.94. The van der Waals surface area contributed by atoms with Gasteiger partial charge in [-0.15, -0.1) is 0 Å². The number of hydrogen-bond acceptors (Lipinski definition) is 6. The second kappa shape index (κ2) is 9.45. The first-order chi connectivity index (χ1) is 12.1. The minimum absolute atomic E-state index is 0.166. The summed E-state index contributed by atoms with van der Waals surface area (Å²) < 4.78 is 10.0. The van der Waals surface area contributed by atoms with Crippen LogP contribution in [0.2, 0.25) is 0 Å². The number of carbonyl (C=O) groups excluding carboxylic acids is 2. The summed E-state index contributed by atoms with van der Waals surface area (Å²) in [6.45, 7) is 0. The number of amides is 3. The summed E-state index contributed by atoms with van der Waals surface area (Å²) in [7, 11) is 2.90. The zero-order valence-corrected chi connectivity index (χ0v) is 14.4. The van der Waals surface area contributed by atoms with Crippen LogP contribution in [0.25, 0.3) is 6.08 Å². The third-order valence-electron chi connectivity index (χ3n) is 3.79. The van der Waals surface area contributed by atoms with Crippen LogP contribution in [0.5, 0.6) is 11.9 Å². The standard InChI is InChI=1S/C16H23N5O4/c1-24-14-11(10-17-16(19-14)25-2)8-9-13(22)20-21-15(23)18-12-6-4-3-5-7-12/h8-10,12H,3-7H2,1-2H3,(H,20,22)(H2,18,21,23). The van der Waals surface area contributed by atoms with Gasteiger partial charge in [0.05, 0.1) is 19.8 Å². The molecule has 3 N–H and O–H groups in total. The first-order valence-corrected chi connectivity index (χ1v) is 8.12. The lowest BCUT2D eigenvalue weighted by Crippen LogP contribution is -2.49. The molecule has 0 unspecified atom stereocenters. The fraction of sp³-hybridized carbons (Fsp3) is 0.500. The fourth-order valence-corrected chi connectivity index (χ4v) is 2.53. The maximum Gasteiger partial charge on any atom is 0.333 e. The van der Waals surface area contributed by atoms with Crippen molar-refractivity contribution in [1.29, 1.82) is 0 Å². The van der Waals surface area contributed by atoms with E-state index in [0.29, 0.717) is 5.56 Å². The minimum atomic E-state index is -0.489. The first kappa shape index (κ1) is 18.5. The molecule has 0 radical (unpaired) electrons. The molecule has 0 spiro atoms. The highest BCUT2D eigenvalue weighted by atomic mass is 16.5. The maximum absolute atomic E-state index is 11.8. The highest BCUT2D eigenvalue weighted by molar-refractivity contribution is 5.93. The molecule has 2 rings (SSSR count). The Morgan fingerprint density at radius 1 is 1.16 bits per heavy atom. The molecule has 136 valence electrons. The average molecular weight is 349 g/mol. The van der Waals surface area contributed by atoms with Crippen molar-refractivity contribution in [2.24, 2.45) is 0 Å². The van der Waals surface area contributed by atoms with Gasteiger partial charge in [0.15, 0.2) is 0 Å². The van der Waals surface area contributed by atoms with Crippen LogP contribution in [-0.2, 0) is 4.79 Å². The van der Waals surface area contributed by atoms with Crippen LogP contribution < -0.4 is 25.6 Å². The van der Waals surface area contributed by atoms with E-state index in [0.717, 1.165) is 25.7 Å². The maximum atomic E-state index is 11.8. The SMILES string of the molecule is COc1ncc(C=CC(=O)NNC(=O)NC2CCCCC2)c(OC)n1. The summed E-state index contributed by atoms with van der Waals surface area (Å²) >= 11 is 0. The fourth-order valence-electron chi connectivity index (χ4n) is 2.53. The third-order valence-corrected chi connectivity index (χ3v) is 3.79. The molecule has 0 aliphatic heterocycles. The van der Waals surface area contributed by atoms with Gasteiger partial charge in [0.2, 0.25) is 5.88 Å². The van der Waals surface area contributed by atoms with E-state index >= 15 is 0 Å². The molecular weight excluding hydrogens is 326 g/mol. The molecule has 1 aromatic rings. The average Bonchev–Trinajstić information content (AvgIpc) is 2.65. The van der Waals surface area contributed by atoms with E-state index in [-0.39, 0.29) is 17.9 Å². The van der Waals surface area contributed by atoms with Crippen LogP contribution in [0.4, 0.5) is 4.79 Å². The molecule has 25 heavy (non-hydrogen) atoms. The molecule has 1 heterocycles. The van der Waals surface area contributed by atoms with Gasteiger partial charge in [0.25, 0.3) is 5.91 Å². The summed E-state index contributed by atoms with van der Waals surface area (Å²) in [6, 6.07) is -0.0829. The lowest BCUT2D eigenvalue weighted by Gasteiger charge is -2.22. The molecule has 1 saturated carbocycles. The normalized spacial score (nSPS) is 14.8. The lowest BCUT2D eigenvalue weighted by atomic mass is 9.96. The zero-order valence-electron chi connectivity index (χ0n) is 14.4. The monoisotopic (exact) mass is 349 g/mol. The Labute approximate surface area is 146 Å². The molecule has 1 aliphatic rings. The number of ether oxygens (including phenoxy) is 2. The predicted molar refractivity (Wildman–Crippen MR) is 90.9 cm³/mol.